The van der Waals surface area contributed by atoms with Crippen LogP contribution in [0.4, 0.5) is 5.69 Å². The van der Waals surface area contributed by atoms with Crippen LogP contribution in [0.1, 0.15) is 6.42 Å². The molecule has 0 aliphatic heterocycles. The monoisotopic (exact) mass is 400 g/mol. The average Bonchev–Trinajstić information content (AvgIpc) is 2.71. The molecule has 0 radical (unpaired) electrons. The van der Waals surface area contributed by atoms with E-state index in [-0.39, 0.29) is 28.1 Å². The molecule has 0 unspecified atom stereocenters. The summed E-state index contributed by atoms with van der Waals surface area (Å²) in [6.07, 6.45) is 0.783. The number of para-hydroxylation sites is 1. The van der Waals surface area contributed by atoms with Crippen LogP contribution in [0.3, 0.4) is 0 Å². The lowest BCUT2D eigenvalue weighted by Crippen LogP contribution is -2.17. The smallest absolute Gasteiger partial charge is 0.322 e. The predicted molar refractivity (Wildman–Crippen MR) is 110 cm³/mol. The van der Waals surface area contributed by atoms with Crippen LogP contribution in [0, 0.1) is 10.1 Å². The topological polar surface area (TPSA) is 102 Å². The Hall–Kier alpha value is -3.33. The van der Waals surface area contributed by atoms with Gasteiger partial charge in [0, 0.05) is 18.0 Å². The lowest BCUT2D eigenvalue weighted by atomic mass is 10.1. The van der Waals surface area contributed by atoms with Gasteiger partial charge in [-0.05, 0) is 33.1 Å². The molecular formula is C20H24N4O5. The highest BCUT2D eigenvalue weighted by molar-refractivity contribution is 6.02. The van der Waals surface area contributed by atoms with E-state index in [4.69, 9.17) is 14.5 Å². The third-order valence-corrected chi connectivity index (χ3v) is 4.69. The number of benzene rings is 2. The number of rotatable bonds is 7. The van der Waals surface area contributed by atoms with Crippen molar-refractivity contribution in [2.75, 3.05) is 41.4 Å². The third-order valence-electron chi connectivity index (χ3n) is 4.69. The minimum absolute atomic E-state index is 0.0411. The summed E-state index contributed by atoms with van der Waals surface area (Å²) in [5, 5.41) is 24.1. The van der Waals surface area contributed by atoms with E-state index in [0.29, 0.717) is 22.8 Å². The Labute approximate surface area is 167 Å². The number of fused-ring (bicyclic) bond motifs is 2. The SMILES string of the molecule is COc1cc(OC)c2c(c1[N+](=O)[O-])c(=NCCCN(C)C)c1ccccc1n2O. The zero-order valence-electron chi connectivity index (χ0n) is 16.9. The zero-order valence-corrected chi connectivity index (χ0v) is 16.9. The largest absolute Gasteiger partial charge is 0.494 e. The molecule has 0 spiro atoms. The van der Waals surface area contributed by atoms with Gasteiger partial charge in [0.15, 0.2) is 5.75 Å². The fraction of sp³-hybridized carbons (Fsp3) is 0.350. The molecule has 0 atom stereocenters. The summed E-state index contributed by atoms with van der Waals surface area (Å²) in [6.45, 7) is 1.31. The van der Waals surface area contributed by atoms with E-state index >= 15 is 0 Å². The molecule has 1 N–H and O–H groups in total. The van der Waals surface area contributed by atoms with Gasteiger partial charge in [-0.2, -0.15) is 4.73 Å². The number of aromatic nitrogens is 1. The Bertz CT molecular complexity index is 1140. The summed E-state index contributed by atoms with van der Waals surface area (Å²) >= 11 is 0. The molecule has 0 saturated carbocycles. The van der Waals surface area contributed by atoms with E-state index in [0.717, 1.165) is 17.7 Å². The second-order valence-corrected chi connectivity index (χ2v) is 6.83. The molecule has 3 aromatic rings. The number of nitro benzene ring substituents is 1. The van der Waals surface area contributed by atoms with Crippen molar-refractivity contribution in [1.29, 1.82) is 0 Å². The van der Waals surface area contributed by atoms with Crippen LogP contribution >= 0.6 is 0 Å². The van der Waals surface area contributed by atoms with Crippen molar-refractivity contribution >= 4 is 27.5 Å². The van der Waals surface area contributed by atoms with Gasteiger partial charge < -0.3 is 19.6 Å². The highest BCUT2D eigenvalue weighted by atomic mass is 16.6. The van der Waals surface area contributed by atoms with Crippen LogP contribution in [0.5, 0.6) is 11.5 Å². The Morgan fingerprint density at radius 3 is 2.52 bits per heavy atom. The molecule has 154 valence electrons. The van der Waals surface area contributed by atoms with E-state index in [1.54, 1.807) is 24.3 Å². The fourth-order valence-corrected chi connectivity index (χ4v) is 3.40. The first-order chi connectivity index (χ1) is 13.9. The van der Waals surface area contributed by atoms with Crippen molar-refractivity contribution in [3.05, 3.63) is 45.8 Å². The van der Waals surface area contributed by atoms with E-state index in [9.17, 15) is 15.3 Å². The molecule has 9 nitrogen and oxygen atoms in total. The third kappa shape index (κ3) is 3.68. The maximum atomic E-state index is 12.0. The number of pyridine rings is 1. The average molecular weight is 400 g/mol. The van der Waals surface area contributed by atoms with E-state index in [1.807, 2.05) is 19.0 Å². The zero-order chi connectivity index (χ0) is 21.1. The molecule has 0 fully saturated rings. The van der Waals surface area contributed by atoms with Crippen molar-refractivity contribution in [2.24, 2.45) is 4.99 Å². The van der Waals surface area contributed by atoms with Gasteiger partial charge in [-0.1, -0.05) is 18.2 Å². The van der Waals surface area contributed by atoms with Gasteiger partial charge in [0.05, 0.1) is 30.0 Å². The second kappa shape index (κ2) is 8.36. The number of nitro groups is 1. The van der Waals surface area contributed by atoms with E-state index in [1.165, 1.54) is 20.3 Å². The highest BCUT2D eigenvalue weighted by Crippen LogP contribution is 2.40. The van der Waals surface area contributed by atoms with E-state index < -0.39 is 4.92 Å². The second-order valence-electron chi connectivity index (χ2n) is 6.83. The quantitative estimate of drug-likeness (QED) is 0.215. The first kappa shape index (κ1) is 20.4. The number of methoxy groups -OCH3 is 2. The van der Waals surface area contributed by atoms with Crippen molar-refractivity contribution in [3.63, 3.8) is 0 Å². The van der Waals surface area contributed by atoms with Crippen LogP contribution in [-0.4, -0.2) is 61.2 Å². The molecule has 3 rings (SSSR count). The fourth-order valence-electron chi connectivity index (χ4n) is 3.40. The molecule has 0 amide bonds. The summed E-state index contributed by atoms with van der Waals surface area (Å²) in [4.78, 5) is 18.2. The Kier molecular flexibility index (Phi) is 5.88. The summed E-state index contributed by atoms with van der Waals surface area (Å²) in [6, 6.07) is 8.49. The summed E-state index contributed by atoms with van der Waals surface area (Å²) in [5.74, 6) is 0.291. The van der Waals surface area contributed by atoms with Gasteiger partial charge in [0.2, 0.25) is 5.75 Å². The molecule has 0 aliphatic rings. The van der Waals surface area contributed by atoms with Gasteiger partial charge in [-0.15, -0.1) is 0 Å². The standard InChI is InChI=1S/C20H24N4O5/c1-22(2)11-7-10-21-18-13-8-5-6-9-14(13)23(25)19-15(28-3)12-16(29-4)20(17(18)19)24(26)27/h5-6,8-9,12,25H,7,10-11H2,1-4H3. The predicted octanol–water partition coefficient (Wildman–Crippen LogP) is 2.81. The lowest BCUT2D eigenvalue weighted by molar-refractivity contribution is -0.384. The molecule has 29 heavy (non-hydrogen) atoms. The molecular weight excluding hydrogens is 376 g/mol. The normalized spacial score (nSPS) is 12.1. The number of ether oxygens (including phenoxy) is 2. The van der Waals surface area contributed by atoms with Gasteiger partial charge >= 0.3 is 5.69 Å². The maximum Gasteiger partial charge on any atom is 0.322 e. The molecule has 1 aromatic heterocycles. The van der Waals surface area contributed by atoms with Crippen molar-refractivity contribution in [3.8, 4) is 11.5 Å². The molecule has 9 heteroatoms. The summed E-state index contributed by atoms with van der Waals surface area (Å²) in [7, 11) is 6.74. The first-order valence-corrected chi connectivity index (χ1v) is 9.12. The molecule has 2 aromatic carbocycles. The van der Waals surface area contributed by atoms with E-state index in [2.05, 4.69) is 0 Å². The molecule has 0 aliphatic carbocycles. The Balaban J connectivity index is 2.51. The summed E-state index contributed by atoms with van der Waals surface area (Å²) in [5.41, 5.74) is 0.386. The van der Waals surface area contributed by atoms with Crippen LogP contribution in [0.15, 0.2) is 35.3 Å². The molecule has 1 heterocycles. The first-order valence-electron chi connectivity index (χ1n) is 9.12. The Morgan fingerprint density at radius 2 is 1.90 bits per heavy atom. The maximum absolute atomic E-state index is 12.0. The number of hydrogen-bond donors (Lipinski definition) is 1. The van der Waals surface area contributed by atoms with Crippen LogP contribution < -0.4 is 14.8 Å². The lowest BCUT2D eigenvalue weighted by Gasteiger charge is -2.15. The highest BCUT2D eigenvalue weighted by Gasteiger charge is 2.27. The molecule has 0 saturated heterocycles. The van der Waals surface area contributed by atoms with Gasteiger partial charge in [-0.25, -0.2) is 0 Å². The van der Waals surface area contributed by atoms with Crippen LogP contribution in [0.25, 0.3) is 21.8 Å². The van der Waals surface area contributed by atoms with Crippen LogP contribution in [-0.2, 0) is 0 Å². The molecule has 0 bridgehead atoms. The van der Waals surface area contributed by atoms with Gasteiger partial charge in [0.25, 0.3) is 0 Å². The van der Waals surface area contributed by atoms with Crippen molar-refractivity contribution in [1.82, 2.24) is 9.63 Å². The number of nitrogens with zero attached hydrogens (tertiary/aromatic N) is 4. The minimum Gasteiger partial charge on any atom is -0.494 e. The van der Waals surface area contributed by atoms with Gasteiger partial charge in [0.1, 0.15) is 10.9 Å². The van der Waals surface area contributed by atoms with Crippen LogP contribution in [0.2, 0.25) is 0 Å². The number of hydrogen-bond acceptors (Lipinski definition) is 7. The summed E-state index contributed by atoms with van der Waals surface area (Å²) < 4.78 is 11.6. The van der Waals surface area contributed by atoms with Crippen molar-refractivity contribution in [2.45, 2.75) is 6.42 Å². The van der Waals surface area contributed by atoms with Gasteiger partial charge in [-0.3, -0.25) is 15.1 Å². The Morgan fingerprint density at radius 1 is 1.21 bits per heavy atom. The minimum atomic E-state index is -0.520. The van der Waals surface area contributed by atoms with Crippen molar-refractivity contribution < 1.29 is 19.6 Å².